The highest BCUT2D eigenvalue weighted by Gasteiger charge is 1.99. The molecule has 1 atom stereocenters. The fourth-order valence-electron chi connectivity index (χ4n) is 1.01. The van der Waals surface area contributed by atoms with Gasteiger partial charge in [0.1, 0.15) is 5.75 Å². The molecule has 3 heteroatoms. The van der Waals surface area contributed by atoms with Gasteiger partial charge in [0.05, 0.1) is 10.8 Å². The molecule has 0 aromatic heterocycles. The number of benzene rings is 1. The van der Waals surface area contributed by atoms with Gasteiger partial charge in [-0.2, -0.15) is 0 Å². The van der Waals surface area contributed by atoms with E-state index in [1.54, 1.807) is 0 Å². The van der Waals surface area contributed by atoms with E-state index < -0.39 is 10.8 Å². The second-order valence-corrected chi connectivity index (χ2v) is 4.60. The molecule has 0 bridgehead atoms. The molecule has 1 aromatic rings. The lowest BCUT2D eigenvalue weighted by Gasteiger charge is -2.04. The van der Waals surface area contributed by atoms with Gasteiger partial charge in [-0.1, -0.05) is 31.5 Å². The van der Waals surface area contributed by atoms with Crippen LogP contribution in [0.15, 0.2) is 30.3 Å². The summed E-state index contributed by atoms with van der Waals surface area (Å²) in [6.07, 6.45) is 2.09. The van der Waals surface area contributed by atoms with Crippen LogP contribution in [0.5, 0.6) is 5.75 Å². The predicted octanol–water partition coefficient (Wildman–Crippen LogP) is 2.57. The van der Waals surface area contributed by atoms with Crippen LogP contribution in [0, 0.1) is 0 Å². The number of hydrogen-bond donors (Lipinski definition) is 0. The van der Waals surface area contributed by atoms with Crippen molar-refractivity contribution in [2.75, 3.05) is 11.7 Å². The molecule has 0 aliphatic rings. The molecule has 0 saturated carbocycles. The first-order valence-electron chi connectivity index (χ1n) is 4.85. The Morgan fingerprint density at radius 1 is 1.29 bits per heavy atom. The van der Waals surface area contributed by atoms with E-state index >= 15 is 0 Å². The number of ether oxygens (including phenoxy) is 1. The molecule has 0 spiro atoms. The molecule has 0 aliphatic heterocycles. The van der Waals surface area contributed by atoms with E-state index in [-0.39, 0.29) is 0 Å². The van der Waals surface area contributed by atoms with Gasteiger partial charge in [0.2, 0.25) is 0 Å². The van der Waals surface area contributed by atoms with Crippen molar-refractivity contribution in [2.24, 2.45) is 0 Å². The van der Waals surface area contributed by atoms with E-state index in [1.165, 1.54) is 0 Å². The van der Waals surface area contributed by atoms with E-state index in [0.29, 0.717) is 5.94 Å². The van der Waals surface area contributed by atoms with Crippen molar-refractivity contribution in [3.8, 4) is 5.75 Å². The number of unbranched alkanes of at least 4 members (excludes halogenated alkanes) is 1. The summed E-state index contributed by atoms with van der Waals surface area (Å²) < 4.78 is 16.7. The van der Waals surface area contributed by atoms with Gasteiger partial charge in [0, 0.05) is 5.75 Å². The Balaban J connectivity index is 2.24. The van der Waals surface area contributed by atoms with Crippen LogP contribution in [-0.2, 0) is 10.8 Å². The van der Waals surface area contributed by atoms with Crippen LogP contribution < -0.4 is 4.74 Å². The third kappa shape index (κ3) is 4.42. The highest BCUT2D eigenvalue weighted by molar-refractivity contribution is 7.84. The van der Waals surface area contributed by atoms with Crippen LogP contribution >= 0.6 is 0 Å². The van der Waals surface area contributed by atoms with Crippen LogP contribution in [0.3, 0.4) is 0 Å². The topological polar surface area (TPSA) is 26.3 Å². The van der Waals surface area contributed by atoms with E-state index in [2.05, 4.69) is 6.92 Å². The summed E-state index contributed by atoms with van der Waals surface area (Å²) >= 11 is 0. The molecule has 0 fully saturated rings. The molecule has 78 valence electrons. The maximum Gasteiger partial charge on any atom is 0.162 e. The first-order chi connectivity index (χ1) is 6.83. The molecule has 0 radical (unpaired) electrons. The minimum Gasteiger partial charge on any atom is -0.480 e. The molecule has 0 amide bonds. The molecule has 2 nitrogen and oxygen atoms in total. The number of hydrogen-bond acceptors (Lipinski definition) is 2. The second kappa shape index (κ2) is 6.60. The summed E-state index contributed by atoms with van der Waals surface area (Å²) in [5.41, 5.74) is 0. The Kier molecular flexibility index (Phi) is 5.30. The first-order valence-corrected chi connectivity index (χ1v) is 6.34. The Morgan fingerprint density at radius 2 is 2.00 bits per heavy atom. The van der Waals surface area contributed by atoms with Gasteiger partial charge in [-0.25, -0.2) is 0 Å². The third-order valence-corrected chi connectivity index (χ3v) is 2.95. The minimum atomic E-state index is -0.843. The van der Waals surface area contributed by atoms with Crippen LogP contribution in [0.1, 0.15) is 19.8 Å². The van der Waals surface area contributed by atoms with E-state index in [9.17, 15) is 4.21 Å². The zero-order valence-corrected chi connectivity index (χ0v) is 9.26. The Hall–Kier alpha value is -0.830. The quantitative estimate of drug-likeness (QED) is 0.724. The zero-order chi connectivity index (χ0) is 10.2. The Bertz CT molecular complexity index is 272. The smallest absolute Gasteiger partial charge is 0.162 e. The summed E-state index contributed by atoms with van der Waals surface area (Å²) in [4.78, 5) is 0. The standard InChI is InChI=1S/C11H16O2S/c1-2-3-9-14(12)10-13-11-7-5-4-6-8-11/h4-8H,2-3,9-10H2,1H3. The van der Waals surface area contributed by atoms with E-state index in [0.717, 1.165) is 24.3 Å². The molecule has 14 heavy (non-hydrogen) atoms. The third-order valence-electron chi connectivity index (χ3n) is 1.83. The molecule has 0 saturated heterocycles. The lowest BCUT2D eigenvalue weighted by Crippen LogP contribution is -2.08. The molecular weight excluding hydrogens is 196 g/mol. The van der Waals surface area contributed by atoms with Gasteiger partial charge < -0.3 is 4.74 Å². The molecule has 0 aliphatic carbocycles. The lowest BCUT2D eigenvalue weighted by molar-refractivity contribution is 0.386. The summed E-state index contributed by atoms with van der Waals surface area (Å²) in [7, 11) is -0.843. The van der Waals surface area contributed by atoms with Crippen LogP contribution in [0.2, 0.25) is 0 Å². The SMILES string of the molecule is CCCCS(=O)COc1ccccc1. The van der Waals surface area contributed by atoms with Gasteiger partial charge in [0.15, 0.2) is 5.94 Å². The van der Waals surface area contributed by atoms with Crippen molar-refractivity contribution in [2.45, 2.75) is 19.8 Å². The Morgan fingerprint density at radius 3 is 2.64 bits per heavy atom. The first kappa shape index (κ1) is 11.2. The number of para-hydroxylation sites is 1. The average molecular weight is 212 g/mol. The van der Waals surface area contributed by atoms with Gasteiger partial charge >= 0.3 is 0 Å². The van der Waals surface area contributed by atoms with Crippen molar-refractivity contribution in [1.29, 1.82) is 0 Å². The second-order valence-electron chi connectivity index (χ2n) is 3.07. The molecule has 1 aromatic carbocycles. The van der Waals surface area contributed by atoms with Crippen molar-refractivity contribution in [3.05, 3.63) is 30.3 Å². The number of rotatable bonds is 6. The largest absolute Gasteiger partial charge is 0.480 e. The average Bonchev–Trinajstić information content (AvgIpc) is 2.25. The highest BCUT2D eigenvalue weighted by atomic mass is 32.2. The minimum absolute atomic E-state index is 0.310. The Labute approximate surface area is 87.7 Å². The van der Waals surface area contributed by atoms with E-state index in [4.69, 9.17) is 4.74 Å². The molecule has 0 N–H and O–H groups in total. The highest BCUT2D eigenvalue weighted by Crippen LogP contribution is 2.08. The monoisotopic (exact) mass is 212 g/mol. The van der Waals surface area contributed by atoms with Crippen molar-refractivity contribution < 1.29 is 8.95 Å². The van der Waals surface area contributed by atoms with Crippen LogP contribution in [0.4, 0.5) is 0 Å². The van der Waals surface area contributed by atoms with Crippen molar-refractivity contribution in [1.82, 2.24) is 0 Å². The molecular formula is C11H16O2S. The molecule has 0 heterocycles. The zero-order valence-electron chi connectivity index (χ0n) is 8.44. The maximum absolute atomic E-state index is 11.4. The lowest BCUT2D eigenvalue weighted by atomic mass is 10.3. The van der Waals surface area contributed by atoms with Gasteiger partial charge in [-0.3, -0.25) is 4.21 Å². The van der Waals surface area contributed by atoms with Crippen LogP contribution in [-0.4, -0.2) is 15.9 Å². The fraction of sp³-hybridized carbons (Fsp3) is 0.455. The van der Waals surface area contributed by atoms with Crippen molar-refractivity contribution in [3.63, 3.8) is 0 Å². The summed E-state index contributed by atoms with van der Waals surface area (Å²) in [6.45, 7) is 2.09. The van der Waals surface area contributed by atoms with Gasteiger partial charge in [-0.15, -0.1) is 0 Å². The van der Waals surface area contributed by atoms with Crippen LogP contribution in [0.25, 0.3) is 0 Å². The predicted molar refractivity (Wildman–Crippen MR) is 59.9 cm³/mol. The van der Waals surface area contributed by atoms with E-state index in [1.807, 2.05) is 30.3 Å². The van der Waals surface area contributed by atoms with Gasteiger partial charge in [0.25, 0.3) is 0 Å². The van der Waals surface area contributed by atoms with Crippen molar-refractivity contribution >= 4 is 10.8 Å². The summed E-state index contributed by atoms with van der Waals surface area (Å²) in [5.74, 6) is 1.84. The molecule has 1 unspecified atom stereocenters. The van der Waals surface area contributed by atoms with Gasteiger partial charge in [-0.05, 0) is 18.6 Å². The normalized spacial score (nSPS) is 12.4. The maximum atomic E-state index is 11.4. The summed E-state index contributed by atoms with van der Waals surface area (Å²) in [5, 5.41) is 0. The molecule has 1 rings (SSSR count). The fourth-order valence-corrected chi connectivity index (χ4v) is 2.01. The summed E-state index contributed by atoms with van der Waals surface area (Å²) in [6, 6.07) is 9.49.